The predicted molar refractivity (Wildman–Crippen MR) is 62.9 cm³/mol. The van der Waals surface area contributed by atoms with Crippen molar-refractivity contribution >= 4 is 17.3 Å². The van der Waals surface area contributed by atoms with E-state index in [-0.39, 0.29) is 5.69 Å². The van der Waals surface area contributed by atoms with E-state index in [0.29, 0.717) is 9.75 Å². The number of hydrogen-bond acceptors (Lipinski definition) is 4. The summed E-state index contributed by atoms with van der Waals surface area (Å²) in [5, 5.41) is 3.80. The fourth-order valence-corrected chi connectivity index (χ4v) is 2.42. The lowest BCUT2D eigenvalue weighted by molar-refractivity contribution is -0.143. The lowest BCUT2D eigenvalue weighted by Crippen LogP contribution is -2.11. The first-order valence-corrected chi connectivity index (χ1v) is 5.94. The third-order valence-corrected chi connectivity index (χ3v) is 3.50. The molecule has 19 heavy (non-hydrogen) atoms. The van der Waals surface area contributed by atoms with Crippen molar-refractivity contribution in [1.29, 1.82) is 0 Å². The number of carbonyl (C=O) groups excluding carboxylic acids is 1. The fraction of sp³-hybridized carbons (Fsp3) is 0.273. The van der Waals surface area contributed by atoms with Gasteiger partial charge in [-0.2, -0.15) is 18.3 Å². The first-order chi connectivity index (χ1) is 8.82. The summed E-state index contributed by atoms with van der Waals surface area (Å²) >= 11 is 1.03. The average molecular weight is 290 g/mol. The number of halogens is 3. The van der Waals surface area contributed by atoms with Gasteiger partial charge in [0.05, 0.1) is 12.0 Å². The molecule has 0 radical (unpaired) electrons. The maximum absolute atomic E-state index is 12.6. The number of thiophene rings is 1. The lowest BCUT2D eigenvalue weighted by atomic mass is 10.3. The molecule has 102 valence electrons. The Bertz CT molecular complexity index is 616. The number of methoxy groups -OCH3 is 1. The van der Waals surface area contributed by atoms with E-state index in [0.717, 1.165) is 22.1 Å². The monoisotopic (exact) mass is 290 g/mol. The molecular formula is C11H9F3N2O2S. The summed E-state index contributed by atoms with van der Waals surface area (Å²) in [7, 11) is 2.46. The quantitative estimate of drug-likeness (QED) is 0.799. The summed E-state index contributed by atoms with van der Waals surface area (Å²) in [5.74, 6) is -0.525. The van der Waals surface area contributed by atoms with Crippen LogP contribution in [0.5, 0.6) is 0 Å². The van der Waals surface area contributed by atoms with E-state index >= 15 is 0 Å². The fourth-order valence-electron chi connectivity index (χ4n) is 1.54. The number of esters is 1. The number of carbonyl (C=O) groups is 1. The Morgan fingerprint density at radius 1 is 1.42 bits per heavy atom. The molecule has 0 saturated carbocycles. The van der Waals surface area contributed by atoms with Gasteiger partial charge in [-0.05, 0) is 18.2 Å². The molecule has 0 aliphatic rings. The summed E-state index contributed by atoms with van der Waals surface area (Å²) in [4.78, 5) is 12.1. The highest BCUT2D eigenvalue weighted by Crippen LogP contribution is 2.34. The van der Waals surface area contributed by atoms with E-state index < -0.39 is 17.8 Å². The molecule has 2 heterocycles. The average Bonchev–Trinajstić information content (AvgIpc) is 2.92. The van der Waals surface area contributed by atoms with Gasteiger partial charge < -0.3 is 4.74 Å². The Morgan fingerprint density at radius 3 is 2.63 bits per heavy atom. The van der Waals surface area contributed by atoms with Gasteiger partial charge in [-0.1, -0.05) is 0 Å². The van der Waals surface area contributed by atoms with E-state index in [1.54, 1.807) is 6.07 Å². The Labute approximate surface area is 110 Å². The van der Waals surface area contributed by atoms with Crippen LogP contribution in [0.3, 0.4) is 0 Å². The zero-order valence-corrected chi connectivity index (χ0v) is 10.8. The topological polar surface area (TPSA) is 44.1 Å². The van der Waals surface area contributed by atoms with Crippen LogP contribution in [0.1, 0.15) is 15.4 Å². The largest absolute Gasteiger partial charge is 0.465 e. The van der Waals surface area contributed by atoms with Gasteiger partial charge in [-0.25, -0.2) is 4.79 Å². The second-order valence-corrected chi connectivity index (χ2v) is 4.78. The molecule has 2 aromatic heterocycles. The molecule has 2 rings (SSSR count). The molecule has 0 atom stereocenters. The number of aryl methyl sites for hydroxylation is 1. The number of rotatable bonds is 2. The van der Waals surface area contributed by atoms with Gasteiger partial charge in [-0.3, -0.25) is 4.68 Å². The standard InChI is InChI=1S/C11H9F3N2O2S/c1-16-9(11(12,13)14)5-6(15-16)7-3-4-8(19-7)10(17)18-2/h3-5H,1-2H3. The summed E-state index contributed by atoms with van der Waals surface area (Å²) in [6, 6.07) is 3.99. The molecular weight excluding hydrogens is 281 g/mol. The van der Waals surface area contributed by atoms with Crippen LogP contribution < -0.4 is 0 Å². The van der Waals surface area contributed by atoms with Crippen molar-refractivity contribution in [2.45, 2.75) is 6.18 Å². The van der Waals surface area contributed by atoms with Crippen molar-refractivity contribution < 1.29 is 22.7 Å². The molecule has 0 aliphatic carbocycles. The highest BCUT2D eigenvalue weighted by molar-refractivity contribution is 7.17. The number of aromatic nitrogens is 2. The Hall–Kier alpha value is -1.83. The van der Waals surface area contributed by atoms with Crippen LogP contribution >= 0.6 is 11.3 Å². The van der Waals surface area contributed by atoms with Crippen LogP contribution in [0.2, 0.25) is 0 Å². The second kappa shape index (κ2) is 4.69. The molecule has 8 heteroatoms. The normalized spacial score (nSPS) is 11.6. The highest BCUT2D eigenvalue weighted by Gasteiger charge is 2.35. The van der Waals surface area contributed by atoms with E-state index in [2.05, 4.69) is 9.84 Å². The minimum absolute atomic E-state index is 0.176. The van der Waals surface area contributed by atoms with Crippen molar-refractivity contribution in [3.8, 4) is 10.6 Å². The maximum Gasteiger partial charge on any atom is 0.433 e. The van der Waals surface area contributed by atoms with Gasteiger partial charge >= 0.3 is 12.1 Å². The minimum Gasteiger partial charge on any atom is -0.465 e. The zero-order chi connectivity index (χ0) is 14.2. The number of hydrogen-bond donors (Lipinski definition) is 0. The third-order valence-electron chi connectivity index (χ3n) is 2.42. The van der Waals surface area contributed by atoms with Gasteiger partial charge in [0.25, 0.3) is 0 Å². The number of ether oxygens (including phenoxy) is 1. The van der Waals surface area contributed by atoms with Crippen LogP contribution in [-0.4, -0.2) is 22.9 Å². The molecule has 0 aromatic carbocycles. The third kappa shape index (κ3) is 2.62. The summed E-state index contributed by atoms with van der Waals surface area (Å²) in [6.07, 6.45) is -4.46. The Balaban J connectivity index is 2.38. The van der Waals surface area contributed by atoms with Crippen LogP contribution in [0.25, 0.3) is 10.6 Å². The lowest BCUT2D eigenvalue weighted by Gasteiger charge is -2.04. The Kier molecular flexibility index (Phi) is 3.36. The SMILES string of the molecule is COC(=O)c1ccc(-c2cc(C(F)(F)F)n(C)n2)s1. The van der Waals surface area contributed by atoms with Crippen molar-refractivity contribution in [3.63, 3.8) is 0 Å². The first kappa shape index (κ1) is 13.6. The van der Waals surface area contributed by atoms with E-state index in [1.807, 2.05) is 0 Å². The van der Waals surface area contributed by atoms with Crippen LogP contribution in [-0.2, 0) is 18.0 Å². The molecule has 0 fully saturated rings. The smallest absolute Gasteiger partial charge is 0.433 e. The van der Waals surface area contributed by atoms with Gasteiger partial charge in [-0.15, -0.1) is 11.3 Å². The molecule has 2 aromatic rings. The zero-order valence-electron chi connectivity index (χ0n) is 9.99. The summed E-state index contributed by atoms with van der Waals surface area (Å²) < 4.78 is 43.2. The number of nitrogens with zero attached hydrogens (tertiary/aromatic N) is 2. The molecule has 0 bridgehead atoms. The number of alkyl halides is 3. The Morgan fingerprint density at radius 2 is 2.11 bits per heavy atom. The molecule has 0 N–H and O–H groups in total. The second-order valence-electron chi connectivity index (χ2n) is 3.69. The van der Waals surface area contributed by atoms with Crippen LogP contribution in [0, 0.1) is 0 Å². The van der Waals surface area contributed by atoms with Crippen molar-refractivity contribution in [1.82, 2.24) is 9.78 Å². The van der Waals surface area contributed by atoms with Gasteiger partial charge in [0.2, 0.25) is 0 Å². The molecule has 0 aliphatic heterocycles. The van der Waals surface area contributed by atoms with Gasteiger partial charge in [0.1, 0.15) is 16.3 Å². The van der Waals surface area contributed by atoms with Crippen molar-refractivity contribution in [2.24, 2.45) is 7.05 Å². The molecule has 0 amide bonds. The molecule has 0 spiro atoms. The molecule has 0 unspecified atom stereocenters. The van der Waals surface area contributed by atoms with Gasteiger partial charge in [0, 0.05) is 7.05 Å². The van der Waals surface area contributed by atoms with Gasteiger partial charge in [0.15, 0.2) is 0 Å². The van der Waals surface area contributed by atoms with Crippen molar-refractivity contribution in [2.75, 3.05) is 7.11 Å². The van der Waals surface area contributed by atoms with E-state index in [1.165, 1.54) is 20.2 Å². The summed E-state index contributed by atoms with van der Waals surface area (Å²) in [6.45, 7) is 0. The maximum atomic E-state index is 12.6. The first-order valence-electron chi connectivity index (χ1n) is 5.12. The summed E-state index contributed by atoms with van der Waals surface area (Å²) in [5.41, 5.74) is -0.662. The van der Waals surface area contributed by atoms with Crippen LogP contribution in [0.15, 0.2) is 18.2 Å². The predicted octanol–water partition coefficient (Wildman–Crippen LogP) is 2.95. The minimum atomic E-state index is -4.46. The highest BCUT2D eigenvalue weighted by atomic mass is 32.1. The molecule has 0 saturated heterocycles. The molecule has 4 nitrogen and oxygen atoms in total. The van der Waals surface area contributed by atoms with Crippen LogP contribution in [0.4, 0.5) is 13.2 Å². The van der Waals surface area contributed by atoms with E-state index in [9.17, 15) is 18.0 Å². The van der Waals surface area contributed by atoms with E-state index in [4.69, 9.17) is 0 Å². The van der Waals surface area contributed by atoms with Crippen molar-refractivity contribution in [3.05, 3.63) is 28.8 Å².